The van der Waals surface area contributed by atoms with Crippen LogP contribution in [0.4, 0.5) is 0 Å². The van der Waals surface area contributed by atoms with E-state index in [4.69, 9.17) is 9.47 Å². The highest BCUT2D eigenvalue weighted by molar-refractivity contribution is 6.15. The number of nitrogens with zero attached hydrogens (tertiary/aromatic N) is 1. The molecule has 2 N–H and O–H groups in total. The van der Waals surface area contributed by atoms with Gasteiger partial charge in [0, 0.05) is 11.6 Å². The number of benzene rings is 1. The molecule has 1 unspecified atom stereocenters. The SMILES string of the molecule is CCC1C(=O)N(Cc2ccc(OC)cc2OC)C1(C(=O)O)C(=O)O. The fourth-order valence-electron chi connectivity index (χ4n) is 3.11. The lowest BCUT2D eigenvalue weighted by atomic mass is 9.71. The molecule has 130 valence electrons. The third-order valence-electron chi connectivity index (χ3n) is 4.38. The van der Waals surface area contributed by atoms with Gasteiger partial charge in [-0.25, -0.2) is 9.59 Å². The number of carbonyl (C=O) groups excluding carboxylic acids is 1. The molecule has 24 heavy (non-hydrogen) atoms. The number of amides is 1. The summed E-state index contributed by atoms with van der Waals surface area (Å²) in [5, 5.41) is 19.0. The lowest BCUT2D eigenvalue weighted by molar-refractivity contribution is -0.200. The number of β-lactam (4-membered cyclic amide) rings is 1. The van der Waals surface area contributed by atoms with E-state index in [1.807, 2.05) is 0 Å². The molecule has 0 aliphatic carbocycles. The van der Waals surface area contributed by atoms with Crippen molar-refractivity contribution in [2.45, 2.75) is 25.4 Å². The molecular formula is C16H19NO7. The normalized spacial score (nSPS) is 18.7. The first kappa shape index (κ1) is 17.6. The van der Waals surface area contributed by atoms with Gasteiger partial charge in [0.25, 0.3) is 0 Å². The molecule has 0 saturated carbocycles. The van der Waals surface area contributed by atoms with E-state index < -0.39 is 29.3 Å². The fourth-order valence-corrected chi connectivity index (χ4v) is 3.11. The van der Waals surface area contributed by atoms with Crippen LogP contribution in [0.25, 0.3) is 0 Å². The maximum atomic E-state index is 12.3. The van der Waals surface area contributed by atoms with E-state index in [0.717, 1.165) is 4.90 Å². The fraction of sp³-hybridized carbons (Fsp3) is 0.438. The standard InChI is InChI=1S/C16H19NO7/c1-4-11-13(18)17(16(11,14(19)20)15(21)22)8-9-5-6-10(23-2)7-12(9)24-3/h5-7,11H,4,8H2,1-3H3,(H,19,20)(H,21,22). The minimum absolute atomic E-state index is 0.133. The molecule has 0 spiro atoms. The number of ether oxygens (including phenoxy) is 2. The number of hydrogen-bond acceptors (Lipinski definition) is 5. The van der Waals surface area contributed by atoms with E-state index in [1.165, 1.54) is 14.2 Å². The molecule has 0 bridgehead atoms. The molecular weight excluding hydrogens is 318 g/mol. The van der Waals surface area contributed by atoms with Crippen molar-refractivity contribution in [3.05, 3.63) is 23.8 Å². The van der Waals surface area contributed by atoms with Crippen LogP contribution in [-0.4, -0.2) is 52.7 Å². The molecule has 8 heteroatoms. The van der Waals surface area contributed by atoms with Crippen LogP contribution in [0.1, 0.15) is 18.9 Å². The summed E-state index contributed by atoms with van der Waals surface area (Å²) in [5.74, 6) is -3.77. The molecule has 1 amide bonds. The monoisotopic (exact) mass is 337 g/mol. The Hall–Kier alpha value is -2.77. The second-order valence-corrected chi connectivity index (χ2v) is 5.44. The van der Waals surface area contributed by atoms with Crippen LogP contribution >= 0.6 is 0 Å². The Labute approximate surface area is 138 Å². The smallest absolute Gasteiger partial charge is 0.342 e. The van der Waals surface area contributed by atoms with Crippen LogP contribution in [0.5, 0.6) is 11.5 Å². The van der Waals surface area contributed by atoms with E-state index in [1.54, 1.807) is 25.1 Å². The topological polar surface area (TPSA) is 113 Å². The maximum absolute atomic E-state index is 12.3. The zero-order valence-corrected chi connectivity index (χ0v) is 13.6. The third kappa shape index (κ3) is 2.34. The van der Waals surface area contributed by atoms with Crippen LogP contribution in [-0.2, 0) is 20.9 Å². The number of methoxy groups -OCH3 is 2. The van der Waals surface area contributed by atoms with Crippen molar-refractivity contribution in [3.8, 4) is 11.5 Å². The number of carbonyl (C=O) groups is 3. The number of hydrogen-bond donors (Lipinski definition) is 2. The summed E-state index contributed by atoms with van der Waals surface area (Å²) in [6.07, 6.45) is 0.133. The predicted octanol–water partition coefficient (Wildman–Crippen LogP) is 0.980. The molecule has 1 fully saturated rings. The van der Waals surface area contributed by atoms with Crippen molar-refractivity contribution in [1.82, 2.24) is 4.90 Å². The number of likely N-dealkylation sites (tertiary alicyclic amines) is 1. The highest BCUT2D eigenvalue weighted by Crippen LogP contribution is 2.43. The Bertz CT molecular complexity index is 671. The molecule has 1 aliphatic heterocycles. The lowest BCUT2D eigenvalue weighted by Gasteiger charge is -2.51. The summed E-state index contributed by atoms with van der Waals surface area (Å²) >= 11 is 0. The Morgan fingerprint density at radius 1 is 1.21 bits per heavy atom. The Morgan fingerprint density at radius 3 is 2.29 bits per heavy atom. The first-order valence-corrected chi connectivity index (χ1v) is 7.33. The van der Waals surface area contributed by atoms with Gasteiger partial charge in [0.1, 0.15) is 11.5 Å². The van der Waals surface area contributed by atoms with Gasteiger partial charge in [-0.2, -0.15) is 0 Å². The molecule has 8 nitrogen and oxygen atoms in total. The number of carboxylic acid groups (broad SMARTS) is 2. The molecule has 1 aromatic rings. The average molecular weight is 337 g/mol. The summed E-state index contributed by atoms with van der Waals surface area (Å²) in [5.41, 5.74) is -1.76. The van der Waals surface area contributed by atoms with Gasteiger partial charge in [0.15, 0.2) is 0 Å². The molecule has 2 rings (SSSR count). The van der Waals surface area contributed by atoms with E-state index in [2.05, 4.69) is 0 Å². The summed E-state index contributed by atoms with van der Waals surface area (Å²) < 4.78 is 10.3. The van der Waals surface area contributed by atoms with Crippen molar-refractivity contribution in [2.75, 3.05) is 14.2 Å². The predicted molar refractivity (Wildman–Crippen MR) is 81.9 cm³/mol. The van der Waals surface area contributed by atoms with Gasteiger partial charge < -0.3 is 24.6 Å². The Balaban J connectivity index is 2.43. The van der Waals surface area contributed by atoms with Gasteiger partial charge in [-0.1, -0.05) is 6.92 Å². The molecule has 1 saturated heterocycles. The molecule has 1 atom stereocenters. The zero-order valence-electron chi connectivity index (χ0n) is 13.6. The van der Waals surface area contributed by atoms with E-state index in [0.29, 0.717) is 17.1 Å². The van der Waals surface area contributed by atoms with E-state index in [-0.39, 0.29) is 13.0 Å². The van der Waals surface area contributed by atoms with Gasteiger partial charge in [0.2, 0.25) is 11.4 Å². The quantitative estimate of drug-likeness (QED) is 0.563. The molecule has 1 heterocycles. The number of rotatable bonds is 7. The third-order valence-corrected chi connectivity index (χ3v) is 4.38. The van der Waals surface area contributed by atoms with Crippen LogP contribution < -0.4 is 9.47 Å². The van der Waals surface area contributed by atoms with Crippen molar-refractivity contribution < 1.29 is 34.1 Å². The number of aliphatic carboxylic acids is 2. The molecule has 1 aliphatic rings. The average Bonchev–Trinajstić information content (AvgIpc) is 2.55. The largest absolute Gasteiger partial charge is 0.497 e. The summed E-state index contributed by atoms with van der Waals surface area (Å²) in [6.45, 7) is 1.41. The summed E-state index contributed by atoms with van der Waals surface area (Å²) in [7, 11) is 2.91. The minimum Gasteiger partial charge on any atom is -0.497 e. The summed E-state index contributed by atoms with van der Waals surface area (Å²) in [6, 6.07) is 4.82. The van der Waals surface area contributed by atoms with Gasteiger partial charge >= 0.3 is 11.9 Å². The lowest BCUT2D eigenvalue weighted by Crippen LogP contribution is -2.77. The van der Waals surface area contributed by atoms with Crippen molar-refractivity contribution in [1.29, 1.82) is 0 Å². The zero-order chi connectivity index (χ0) is 18.1. The summed E-state index contributed by atoms with van der Waals surface area (Å²) in [4.78, 5) is 36.5. The van der Waals surface area contributed by atoms with Gasteiger partial charge in [0.05, 0.1) is 26.7 Å². The highest BCUT2D eigenvalue weighted by atomic mass is 16.5. The van der Waals surface area contributed by atoms with Crippen molar-refractivity contribution >= 4 is 17.8 Å². The van der Waals surface area contributed by atoms with Gasteiger partial charge in [-0.3, -0.25) is 4.79 Å². The molecule has 0 aromatic heterocycles. The maximum Gasteiger partial charge on any atom is 0.342 e. The first-order valence-electron chi connectivity index (χ1n) is 7.33. The van der Waals surface area contributed by atoms with Gasteiger partial charge in [-0.15, -0.1) is 0 Å². The van der Waals surface area contributed by atoms with Crippen LogP contribution in [0, 0.1) is 5.92 Å². The minimum atomic E-state index is -2.25. The second kappa shape index (κ2) is 6.38. The second-order valence-electron chi connectivity index (χ2n) is 5.44. The van der Waals surface area contributed by atoms with Crippen LogP contribution in [0.3, 0.4) is 0 Å². The molecule has 0 radical (unpaired) electrons. The molecule has 1 aromatic carbocycles. The van der Waals surface area contributed by atoms with Crippen LogP contribution in [0.15, 0.2) is 18.2 Å². The number of carboxylic acids is 2. The van der Waals surface area contributed by atoms with Crippen molar-refractivity contribution in [2.24, 2.45) is 5.92 Å². The first-order chi connectivity index (χ1) is 11.3. The highest BCUT2D eigenvalue weighted by Gasteiger charge is 2.69. The Morgan fingerprint density at radius 2 is 1.83 bits per heavy atom. The van der Waals surface area contributed by atoms with Gasteiger partial charge in [-0.05, 0) is 18.6 Å². The van der Waals surface area contributed by atoms with Crippen molar-refractivity contribution in [3.63, 3.8) is 0 Å². The van der Waals surface area contributed by atoms with E-state index in [9.17, 15) is 24.6 Å². The van der Waals surface area contributed by atoms with E-state index >= 15 is 0 Å². The Kier molecular flexibility index (Phi) is 4.68. The van der Waals surface area contributed by atoms with Crippen LogP contribution in [0.2, 0.25) is 0 Å².